The first kappa shape index (κ1) is 14.5. The third-order valence-electron chi connectivity index (χ3n) is 2.24. The van der Waals surface area contributed by atoms with E-state index in [1.165, 1.54) is 13.8 Å². The fourth-order valence-electron chi connectivity index (χ4n) is 1.20. The van der Waals surface area contributed by atoms with E-state index in [9.17, 15) is 4.79 Å². The summed E-state index contributed by atoms with van der Waals surface area (Å²) in [4.78, 5) is 10.9. The topological polar surface area (TPSA) is 66.8 Å². The molecule has 0 unspecified atom stereocenters. The van der Waals surface area contributed by atoms with Gasteiger partial charge in [-0.3, -0.25) is 0 Å². The number of halogens is 1. The third-order valence-corrected chi connectivity index (χ3v) is 2.47. The SMILES string of the molecule is CC(C)(Oc1ccc(/C=C(\Cl)[13CH2]O)cc1)C(=O)O. The first-order chi connectivity index (χ1) is 8.35. The molecule has 18 heavy (non-hydrogen) atoms. The Kier molecular flexibility index (Phi) is 4.76. The standard InChI is InChI=1S/C13H15ClO4/c1-13(2,12(16)17)18-11-5-3-9(4-6-11)7-10(14)8-15/h3-7,15H,8H2,1-2H3,(H,16,17)/b10-7-/i8+1. The lowest BCUT2D eigenvalue weighted by Crippen LogP contribution is -2.37. The Morgan fingerprint density at radius 1 is 1.39 bits per heavy atom. The summed E-state index contributed by atoms with van der Waals surface area (Å²) in [5, 5.41) is 18.0. The molecule has 0 saturated carbocycles. The molecular formula is C13H15ClO4. The van der Waals surface area contributed by atoms with Crippen molar-refractivity contribution in [1.29, 1.82) is 0 Å². The van der Waals surface area contributed by atoms with E-state index in [-0.39, 0.29) is 6.61 Å². The summed E-state index contributed by atoms with van der Waals surface area (Å²) >= 11 is 5.69. The Bertz CT molecular complexity index is 449. The van der Waals surface area contributed by atoms with Crippen LogP contribution in [-0.2, 0) is 4.79 Å². The maximum absolute atomic E-state index is 10.9. The van der Waals surface area contributed by atoms with Gasteiger partial charge in [0, 0.05) is 5.03 Å². The van der Waals surface area contributed by atoms with Gasteiger partial charge in [-0.05, 0) is 37.6 Å². The number of hydrogen-bond acceptors (Lipinski definition) is 3. The summed E-state index contributed by atoms with van der Waals surface area (Å²) in [6, 6.07) is 6.76. The fourth-order valence-corrected chi connectivity index (χ4v) is 1.32. The van der Waals surface area contributed by atoms with Crippen LogP contribution in [0.1, 0.15) is 19.4 Å². The van der Waals surface area contributed by atoms with E-state index in [1.807, 2.05) is 0 Å². The van der Waals surface area contributed by atoms with Crippen molar-refractivity contribution in [3.05, 3.63) is 34.9 Å². The normalized spacial score (nSPS) is 12.3. The Hall–Kier alpha value is -1.52. The van der Waals surface area contributed by atoms with Crippen molar-refractivity contribution in [3.8, 4) is 5.75 Å². The van der Waals surface area contributed by atoms with Crippen LogP contribution in [0.4, 0.5) is 0 Å². The lowest BCUT2D eigenvalue weighted by Gasteiger charge is -2.21. The zero-order chi connectivity index (χ0) is 13.8. The van der Waals surface area contributed by atoms with Crippen molar-refractivity contribution >= 4 is 23.6 Å². The molecule has 0 aliphatic heterocycles. The number of hydrogen-bond donors (Lipinski definition) is 2. The number of carboxylic acid groups (broad SMARTS) is 1. The highest BCUT2D eigenvalue weighted by atomic mass is 35.5. The van der Waals surface area contributed by atoms with Crippen LogP contribution in [0.3, 0.4) is 0 Å². The molecule has 0 radical (unpaired) electrons. The molecule has 0 aliphatic carbocycles. The molecule has 0 atom stereocenters. The molecule has 98 valence electrons. The van der Waals surface area contributed by atoms with E-state index >= 15 is 0 Å². The molecular weight excluding hydrogens is 257 g/mol. The maximum atomic E-state index is 10.9. The molecule has 0 heterocycles. The van der Waals surface area contributed by atoms with Crippen LogP contribution < -0.4 is 4.74 Å². The molecule has 2 N–H and O–H groups in total. The molecule has 0 spiro atoms. The zero-order valence-corrected chi connectivity index (χ0v) is 10.9. The predicted octanol–water partition coefficient (Wildman–Crippen LogP) is 2.50. The molecule has 0 aromatic heterocycles. The van der Waals surface area contributed by atoms with Crippen molar-refractivity contribution in [2.45, 2.75) is 19.4 Å². The number of carboxylic acids is 1. The second kappa shape index (κ2) is 5.89. The van der Waals surface area contributed by atoms with Crippen molar-refractivity contribution in [1.82, 2.24) is 0 Å². The number of carbonyl (C=O) groups is 1. The van der Waals surface area contributed by atoms with Crippen molar-refractivity contribution < 1.29 is 19.7 Å². The monoisotopic (exact) mass is 271 g/mol. The predicted molar refractivity (Wildman–Crippen MR) is 69.7 cm³/mol. The number of benzene rings is 1. The van der Waals surface area contributed by atoms with Crippen molar-refractivity contribution in [2.75, 3.05) is 6.61 Å². The van der Waals surface area contributed by atoms with Crippen LogP contribution in [0.25, 0.3) is 6.08 Å². The minimum Gasteiger partial charge on any atom is -0.478 e. The molecule has 0 saturated heterocycles. The van der Waals surface area contributed by atoms with Gasteiger partial charge in [-0.1, -0.05) is 23.7 Å². The molecule has 0 fully saturated rings. The molecule has 4 nitrogen and oxygen atoms in total. The first-order valence-electron chi connectivity index (χ1n) is 5.34. The van der Waals surface area contributed by atoms with Gasteiger partial charge >= 0.3 is 5.97 Å². The summed E-state index contributed by atoms with van der Waals surface area (Å²) in [6.45, 7) is 2.74. The average molecular weight is 272 g/mol. The van der Waals surface area contributed by atoms with Crippen molar-refractivity contribution in [2.24, 2.45) is 0 Å². The molecule has 5 heteroatoms. The zero-order valence-electron chi connectivity index (χ0n) is 10.2. The highest BCUT2D eigenvalue weighted by Crippen LogP contribution is 2.20. The van der Waals surface area contributed by atoms with Crippen LogP contribution in [0.2, 0.25) is 0 Å². The number of rotatable bonds is 5. The fraction of sp³-hybridized carbons (Fsp3) is 0.308. The van der Waals surface area contributed by atoms with Gasteiger partial charge in [0.25, 0.3) is 0 Å². The molecule has 1 aromatic rings. The minimum atomic E-state index is -1.28. The molecule has 0 amide bonds. The quantitative estimate of drug-likeness (QED) is 0.808. The maximum Gasteiger partial charge on any atom is 0.347 e. The Labute approximate surface area is 110 Å². The highest BCUT2D eigenvalue weighted by molar-refractivity contribution is 6.31. The molecule has 1 rings (SSSR count). The second-order valence-electron chi connectivity index (χ2n) is 4.24. The molecule has 1 aromatic carbocycles. The van der Waals surface area contributed by atoms with E-state index in [2.05, 4.69) is 0 Å². The van der Waals surface area contributed by atoms with Crippen LogP contribution in [0.15, 0.2) is 29.3 Å². The van der Waals surface area contributed by atoms with Gasteiger partial charge in [-0.15, -0.1) is 0 Å². The van der Waals surface area contributed by atoms with Gasteiger partial charge in [-0.25, -0.2) is 4.79 Å². The minimum absolute atomic E-state index is 0.216. The lowest BCUT2D eigenvalue weighted by molar-refractivity contribution is -0.152. The smallest absolute Gasteiger partial charge is 0.347 e. The Morgan fingerprint density at radius 2 is 1.94 bits per heavy atom. The van der Waals surface area contributed by atoms with E-state index in [0.29, 0.717) is 10.8 Å². The third kappa shape index (κ3) is 4.05. The van der Waals surface area contributed by atoms with Crippen molar-refractivity contribution in [3.63, 3.8) is 0 Å². The van der Waals surface area contributed by atoms with Crippen LogP contribution >= 0.6 is 11.6 Å². The summed E-state index contributed by atoms with van der Waals surface area (Å²) in [5.74, 6) is -0.575. The average Bonchev–Trinajstić information content (AvgIpc) is 2.31. The van der Waals surface area contributed by atoms with Gasteiger partial charge < -0.3 is 14.9 Å². The largest absolute Gasteiger partial charge is 0.478 e. The molecule has 0 bridgehead atoms. The number of aliphatic carboxylic acids is 1. The Morgan fingerprint density at radius 3 is 2.39 bits per heavy atom. The van der Waals surface area contributed by atoms with Crippen LogP contribution in [0, 0.1) is 0 Å². The van der Waals surface area contributed by atoms with Crippen LogP contribution in [0.5, 0.6) is 5.75 Å². The second-order valence-corrected chi connectivity index (χ2v) is 4.72. The first-order valence-corrected chi connectivity index (χ1v) is 5.72. The van der Waals surface area contributed by atoms with Gasteiger partial charge in [0.05, 0.1) is 6.61 Å². The van der Waals surface area contributed by atoms with Gasteiger partial charge in [0.15, 0.2) is 5.60 Å². The summed E-state index contributed by atoms with van der Waals surface area (Å²) in [5.41, 5.74) is -0.477. The number of aliphatic hydroxyl groups excluding tert-OH is 1. The van der Waals surface area contributed by atoms with E-state index in [4.69, 9.17) is 26.6 Å². The summed E-state index contributed by atoms with van der Waals surface area (Å²) in [6.07, 6.45) is 1.62. The number of aliphatic hydroxyl groups is 1. The highest BCUT2D eigenvalue weighted by Gasteiger charge is 2.29. The van der Waals surface area contributed by atoms with E-state index in [0.717, 1.165) is 5.56 Å². The van der Waals surface area contributed by atoms with E-state index in [1.54, 1.807) is 30.3 Å². The summed E-state index contributed by atoms with van der Waals surface area (Å²) in [7, 11) is 0. The van der Waals surface area contributed by atoms with Gasteiger partial charge in [0.2, 0.25) is 0 Å². The van der Waals surface area contributed by atoms with E-state index < -0.39 is 11.6 Å². The van der Waals surface area contributed by atoms with Crippen LogP contribution in [-0.4, -0.2) is 28.4 Å². The summed E-state index contributed by atoms with van der Waals surface area (Å²) < 4.78 is 5.35. The van der Waals surface area contributed by atoms with Gasteiger partial charge in [-0.2, -0.15) is 0 Å². The molecule has 0 aliphatic rings. The number of ether oxygens (including phenoxy) is 1. The van der Waals surface area contributed by atoms with Gasteiger partial charge in [0.1, 0.15) is 5.75 Å². The lowest BCUT2D eigenvalue weighted by atomic mass is 10.1. The Balaban J connectivity index is 2.81.